The molecule has 0 atom stereocenters. The molecule has 2 amide bonds. The van der Waals surface area contributed by atoms with Gasteiger partial charge in [-0.15, -0.1) is 0 Å². The Morgan fingerprint density at radius 1 is 1.25 bits per heavy atom. The number of anilines is 1. The normalized spacial score (nSPS) is 10.1. The first kappa shape index (κ1) is 16.3. The smallest absolute Gasteiger partial charge is 0.319 e. The van der Waals surface area contributed by atoms with E-state index in [0.29, 0.717) is 23.7 Å². The van der Waals surface area contributed by atoms with Crippen molar-refractivity contribution >= 4 is 29.3 Å². The van der Waals surface area contributed by atoms with E-state index in [0.717, 1.165) is 18.4 Å². The second kappa shape index (κ2) is 8.43. The Hall–Kier alpha value is -1.75. The van der Waals surface area contributed by atoms with Crippen molar-refractivity contribution in [3.8, 4) is 0 Å². The van der Waals surface area contributed by atoms with E-state index in [4.69, 9.17) is 16.7 Å². The van der Waals surface area contributed by atoms with Gasteiger partial charge in [0.15, 0.2) is 0 Å². The molecule has 0 spiro atoms. The van der Waals surface area contributed by atoms with Crippen molar-refractivity contribution in [1.82, 2.24) is 5.32 Å². The van der Waals surface area contributed by atoms with Gasteiger partial charge in [0.25, 0.3) is 0 Å². The molecule has 0 aromatic heterocycles. The molecular weight excluding hydrogens is 280 g/mol. The molecule has 0 saturated carbocycles. The molecule has 0 aliphatic carbocycles. The van der Waals surface area contributed by atoms with Gasteiger partial charge in [-0.05, 0) is 37.5 Å². The number of benzene rings is 1. The third kappa shape index (κ3) is 6.43. The molecule has 0 bridgehead atoms. The average Bonchev–Trinajstić information content (AvgIpc) is 2.36. The molecule has 0 aliphatic rings. The molecule has 6 heteroatoms. The Balaban J connectivity index is 2.22. The average molecular weight is 299 g/mol. The molecule has 0 heterocycles. The largest absolute Gasteiger partial charge is 0.481 e. The Labute approximate surface area is 123 Å². The highest BCUT2D eigenvalue weighted by molar-refractivity contribution is 6.33. The maximum absolute atomic E-state index is 11.6. The third-order valence-electron chi connectivity index (χ3n) is 2.73. The summed E-state index contributed by atoms with van der Waals surface area (Å²) in [6.45, 7) is 2.43. The van der Waals surface area contributed by atoms with Crippen LogP contribution < -0.4 is 10.6 Å². The SMILES string of the molecule is Cc1ccc(NC(=O)NCCCCCC(=O)O)c(Cl)c1. The number of amides is 2. The van der Waals surface area contributed by atoms with Crippen molar-refractivity contribution in [3.05, 3.63) is 28.8 Å². The quantitative estimate of drug-likeness (QED) is 0.675. The predicted molar refractivity (Wildman–Crippen MR) is 79.3 cm³/mol. The number of carbonyl (C=O) groups excluding carboxylic acids is 1. The molecule has 0 saturated heterocycles. The van der Waals surface area contributed by atoms with Crippen LogP contribution in [-0.2, 0) is 4.79 Å². The van der Waals surface area contributed by atoms with Gasteiger partial charge in [-0.1, -0.05) is 24.1 Å². The highest BCUT2D eigenvalue weighted by Gasteiger charge is 2.05. The zero-order valence-corrected chi connectivity index (χ0v) is 12.2. The molecule has 0 radical (unpaired) electrons. The summed E-state index contributed by atoms with van der Waals surface area (Å²) >= 11 is 6.01. The predicted octanol–water partition coefficient (Wildman–Crippen LogP) is 3.41. The molecular formula is C14H19ClN2O3. The van der Waals surface area contributed by atoms with Crippen LogP contribution in [0.1, 0.15) is 31.2 Å². The van der Waals surface area contributed by atoms with E-state index in [2.05, 4.69) is 10.6 Å². The zero-order chi connectivity index (χ0) is 15.0. The highest BCUT2D eigenvalue weighted by Crippen LogP contribution is 2.22. The summed E-state index contributed by atoms with van der Waals surface area (Å²) in [6.07, 6.45) is 2.33. The Kier molecular flexibility index (Phi) is 6.87. The Bertz CT molecular complexity index is 477. The minimum absolute atomic E-state index is 0.172. The van der Waals surface area contributed by atoms with Gasteiger partial charge in [-0.25, -0.2) is 4.79 Å². The molecule has 20 heavy (non-hydrogen) atoms. The number of rotatable bonds is 7. The number of carbonyl (C=O) groups is 2. The van der Waals surface area contributed by atoms with E-state index < -0.39 is 5.97 Å². The summed E-state index contributed by atoms with van der Waals surface area (Å²) < 4.78 is 0. The van der Waals surface area contributed by atoms with E-state index in [1.807, 2.05) is 13.0 Å². The first-order chi connectivity index (χ1) is 9.49. The maximum atomic E-state index is 11.6. The van der Waals surface area contributed by atoms with Crippen molar-refractivity contribution in [2.45, 2.75) is 32.6 Å². The molecule has 3 N–H and O–H groups in total. The van der Waals surface area contributed by atoms with Crippen molar-refractivity contribution in [3.63, 3.8) is 0 Å². The summed E-state index contributed by atoms with van der Waals surface area (Å²) in [5.41, 5.74) is 1.60. The lowest BCUT2D eigenvalue weighted by atomic mass is 10.2. The topological polar surface area (TPSA) is 78.4 Å². The number of carboxylic acids is 1. The van der Waals surface area contributed by atoms with Gasteiger partial charge in [0.2, 0.25) is 0 Å². The van der Waals surface area contributed by atoms with Crippen LogP contribution >= 0.6 is 11.6 Å². The van der Waals surface area contributed by atoms with Gasteiger partial charge in [0.05, 0.1) is 10.7 Å². The summed E-state index contributed by atoms with van der Waals surface area (Å²) in [7, 11) is 0. The lowest BCUT2D eigenvalue weighted by Gasteiger charge is -2.09. The van der Waals surface area contributed by atoms with Crippen LogP contribution in [0.2, 0.25) is 5.02 Å². The molecule has 0 unspecified atom stereocenters. The van der Waals surface area contributed by atoms with E-state index >= 15 is 0 Å². The van der Waals surface area contributed by atoms with Gasteiger partial charge in [-0.2, -0.15) is 0 Å². The summed E-state index contributed by atoms with van der Waals surface area (Å²) in [4.78, 5) is 21.9. The van der Waals surface area contributed by atoms with E-state index in [1.54, 1.807) is 12.1 Å². The third-order valence-corrected chi connectivity index (χ3v) is 3.04. The van der Waals surface area contributed by atoms with Crippen LogP contribution in [-0.4, -0.2) is 23.7 Å². The van der Waals surface area contributed by atoms with Gasteiger partial charge >= 0.3 is 12.0 Å². The van der Waals surface area contributed by atoms with Crippen LogP contribution in [0, 0.1) is 6.92 Å². The van der Waals surface area contributed by atoms with Gasteiger partial charge in [0, 0.05) is 13.0 Å². The molecule has 0 aliphatic heterocycles. The number of hydrogen-bond acceptors (Lipinski definition) is 2. The fourth-order valence-electron chi connectivity index (χ4n) is 1.67. The molecule has 1 rings (SSSR count). The number of nitrogens with one attached hydrogen (secondary N) is 2. The lowest BCUT2D eigenvalue weighted by Crippen LogP contribution is -2.29. The second-order valence-electron chi connectivity index (χ2n) is 4.57. The first-order valence-corrected chi connectivity index (χ1v) is 6.89. The molecule has 5 nitrogen and oxygen atoms in total. The van der Waals surface area contributed by atoms with Crippen LogP contribution in [0.4, 0.5) is 10.5 Å². The van der Waals surface area contributed by atoms with Crippen LogP contribution in [0.15, 0.2) is 18.2 Å². The fraction of sp³-hybridized carbons (Fsp3) is 0.429. The fourth-order valence-corrected chi connectivity index (χ4v) is 1.95. The van der Waals surface area contributed by atoms with E-state index in [-0.39, 0.29) is 12.5 Å². The Morgan fingerprint density at radius 2 is 2.00 bits per heavy atom. The van der Waals surface area contributed by atoms with Crippen LogP contribution in [0.5, 0.6) is 0 Å². The molecule has 0 fully saturated rings. The van der Waals surface area contributed by atoms with Gasteiger partial charge in [0.1, 0.15) is 0 Å². The van der Waals surface area contributed by atoms with Crippen molar-refractivity contribution in [2.24, 2.45) is 0 Å². The first-order valence-electron chi connectivity index (χ1n) is 6.52. The highest BCUT2D eigenvalue weighted by atomic mass is 35.5. The Morgan fingerprint density at radius 3 is 2.65 bits per heavy atom. The number of unbranched alkanes of at least 4 members (excludes halogenated alkanes) is 2. The molecule has 110 valence electrons. The van der Waals surface area contributed by atoms with Gasteiger partial charge in [-0.3, -0.25) is 4.79 Å². The number of aryl methyl sites for hydroxylation is 1. The van der Waals surface area contributed by atoms with Crippen molar-refractivity contribution < 1.29 is 14.7 Å². The van der Waals surface area contributed by atoms with Crippen molar-refractivity contribution in [1.29, 1.82) is 0 Å². The zero-order valence-electron chi connectivity index (χ0n) is 11.4. The lowest BCUT2D eigenvalue weighted by molar-refractivity contribution is -0.137. The van der Waals surface area contributed by atoms with Crippen molar-refractivity contribution in [2.75, 3.05) is 11.9 Å². The van der Waals surface area contributed by atoms with E-state index in [9.17, 15) is 9.59 Å². The monoisotopic (exact) mass is 298 g/mol. The number of halogens is 1. The number of carboxylic acid groups (broad SMARTS) is 1. The van der Waals surface area contributed by atoms with E-state index in [1.165, 1.54) is 0 Å². The van der Waals surface area contributed by atoms with Crippen LogP contribution in [0.25, 0.3) is 0 Å². The molecule has 1 aromatic rings. The maximum Gasteiger partial charge on any atom is 0.319 e. The second-order valence-corrected chi connectivity index (χ2v) is 4.98. The number of urea groups is 1. The van der Waals surface area contributed by atoms with Crippen LogP contribution in [0.3, 0.4) is 0 Å². The summed E-state index contributed by atoms with van der Waals surface area (Å²) in [5.74, 6) is -0.787. The summed E-state index contributed by atoms with van der Waals surface area (Å²) in [6, 6.07) is 5.09. The number of hydrogen-bond donors (Lipinski definition) is 3. The standard InChI is InChI=1S/C14H19ClN2O3/c1-10-6-7-12(11(15)9-10)17-14(20)16-8-4-2-3-5-13(18)19/h6-7,9H,2-5,8H2,1H3,(H,18,19)(H2,16,17,20). The summed E-state index contributed by atoms with van der Waals surface area (Å²) in [5, 5.41) is 14.4. The minimum atomic E-state index is -0.787. The minimum Gasteiger partial charge on any atom is -0.481 e. The molecule has 1 aromatic carbocycles. The van der Waals surface area contributed by atoms with Gasteiger partial charge < -0.3 is 15.7 Å². The number of aliphatic carboxylic acids is 1.